The lowest BCUT2D eigenvalue weighted by Crippen LogP contribution is -2.56. The molecule has 2 heterocycles. The summed E-state index contributed by atoms with van der Waals surface area (Å²) in [6.45, 7) is 0. The van der Waals surface area contributed by atoms with Crippen LogP contribution >= 0.6 is 11.6 Å². The third-order valence-electron chi connectivity index (χ3n) is 7.17. The van der Waals surface area contributed by atoms with E-state index in [1.807, 2.05) is 0 Å². The summed E-state index contributed by atoms with van der Waals surface area (Å²) < 4.78 is 46.8. The quantitative estimate of drug-likeness (QED) is 0.357. The Labute approximate surface area is 246 Å². The zero-order valence-electron chi connectivity index (χ0n) is 21.9. The van der Waals surface area contributed by atoms with Gasteiger partial charge in [-0.3, -0.25) is 24.2 Å². The number of anilines is 2. The Morgan fingerprint density at radius 3 is 2.50 bits per heavy atom. The maximum atomic E-state index is 14.5. The van der Waals surface area contributed by atoms with Gasteiger partial charge in [-0.25, -0.2) is 18.2 Å². The number of hydrogen-bond acceptors (Lipinski definition) is 5. The standard InChI is InChI=1S/C29H26ClF3N4O4.CH4/c1-41-20-9-11-24(34-16-20)37-23(10-12-25(37)38)28(40)36(19-6-4-5-17(31)13-19)26(21-7-2-3-8-22(21)30)27(39)35-18-14-29(32,33)15-18;/h2-9,11,13,16,18,23,26H,10,12,14-15H2,1H3,(H,35,39);1H4/t23-,26-;/m0./s1. The lowest BCUT2D eigenvalue weighted by molar-refractivity contribution is -0.133. The van der Waals surface area contributed by atoms with E-state index >= 15 is 0 Å². The number of halogens is 4. The normalized spacial score (nSPS) is 18.5. The summed E-state index contributed by atoms with van der Waals surface area (Å²) in [6.07, 6.45) is 0.442. The smallest absolute Gasteiger partial charge is 0.252 e. The van der Waals surface area contributed by atoms with Crippen molar-refractivity contribution < 1.29 is 32.3 Å². The molecule has 1 aliphatic heterocycles. The summed E-state index contributed by atoms with van der Waals surface area (Å²) in [6, 6.07) is 11.1. The molecule has 3 aromatic rings. The van der Waals surface area contributed by atoms with E-state index in [0.29, 0.717) is 5.75 Å². The van der Waals surface area contributed by atoms with Crippen LogP contribution in [0.5, 0.6) is 5.75 Å². The average Bonchev–Trinajstić information content (AvgIpc) is 3.32. The number of carbonyl (C=O) groups is 3. The Bertz CT molecular complexity index is 1460. The third kappa shape index (κ3) is 6.20. The Hall–Kier alpha value is -4.12. The molecule has 1 aliphatic carbocycles. The van der Waals surface area contributed by atoms with Gasteiger partial charge in [-0.15, -0.1) is 0 Å². The number of aromatic nitrogens is 1. The minimum Gasteiger partial charge on any atom is -0.495 e. The van der Waals surface area contributed by atoms with Crippen molar-refractivity contribution in [1.29, 1.82) is 0 Å². The van der Waals surface area contributed by atoms with Crippen LogP contribution in [0.2, 0.25) is 5.02 Å². The van der Waals surface area contributed by atoms with E-state index in [-0.39, 0.29) is 48.3 Å². The van der Waals surface area contributed by atoms with Gasteiger partial charge >= 0.3 is 0 Å². The molecule has 0 spiro atoms. The monoisotopic (exact) mass is 602 g/mol. The van der Waals surface area contributed by atoms with Crippen molar-refractivity contribution in [3.05, 3.63) is 83.3 Å². The first-order valence-electron chi connectivity index (χ1n) is 12.9. The average molecular weight is 603 g/mol. The molecule has 0 bridgehead atoms. The Morgan fingerprint density at radius 2 is 1.88 bits per heavy atom. The fraction of sp³-hybridized carbons (Fsp3) is 0.333. The largest absolute Gasteiger partial charge is 0.495 e. The van der Waals surface area contributed by atoms with Crippen molar-refractivity contribution in [3.63, 3.8) is 0 Å². The number of methoxy groups -OCH3 is 1. The van der Waals surface area contributed by atoms with Crippen molar-refractivity contribution in [2.24, 2.45) is 0 Å². The molecule has 2 fully saturated rings. The number of ether oxygens (including phenoxy) is 1. The number of nitrogens with one attached hydrogen (secondary N) is 1. The zero-order valence-corrected chi connectivity index (χ0v) is 22.7. The number of nitrogens with zero attached hydrogens (tertiary/aromatic N) is 3. The summed E-state index contributed by atoms with van der Waals surface area (Å²) in [5.41, 5.74) is 0.227. The molecule has 5 rings (SSSR count). The molecule has 42 heavy (non-hydrogen) atoms. The second-order valence-corrected chi connectivity index (χ2v) is 10.4. The highest BCUT2D eigenvalue weighted by Crippen LogP contribution is 2.40. The number of alkyl halides is 2. The molecule has 2 aromatic carbocycles. The highest BCUT2D eigenvalue weighted by Gasteiger charge is 2.48. The van der Waals surface area contributed by atoms with Gasteiger partial charge in [-0.2, -0.15) is 0 Å². The predicted octanol–water partition coefficient (Wildman–Crippen LogP) is 5.70. The highest BCUT2D eigenvalue weighted by molar-refractivity contribution is 6.31. The van der Waals surface area contributed by atoms with Crippen LogP contribution in [0.1, 0.15) is 44.7 Å². The summed E-state index contributed by atoms with van der Waals surface area (Å²) in [4.78, 5) is 47.8. The Kier molecular flexibility index (Phi) is 9.10. The van der Waals surface area contributed by atoms with Gasteiger partial charge < -0.3 is 10.1 Å². The molecule has 0 unspecified atom stereocenters. The molecule has 1 saturated carbocycles. The summed E-state index contributed by atoms with van der Waals surface area (Å²) in [5, 5.41) is 2.74. The maximum absolute atomic E-state index is 14.5. The highest BCUT2D eigenvalue weighted by atomic mass is 35.5. The van der Waals surface area contributed by atoms with Gasteiger partial charge in [-0.1, -0.05) is 43.3 Å². The minimum absolute atomic E-state index is 0. The minimum atomic E-state index is -2.90. The predicted molar refractivity (Wildman–Crippen MR) is 152 cm³/mol. The van der Waals surface area contributed by atoms with E-state index in [9.17, 15) is 27.6 Å². The fourth-order valence-corrected chi connectivity index (χ4v) is 5.41. The second-order valence-electron chi connectivity index (χ2n) is 9.96. The third-order valence-corrected chi connectivity index (χ3v) is 7.51. The van der Waals surface area contributed by atoms with E-state index in [2.05, 4.69) is 10.3 Å². The number of benzene rings is 2. The molecule has 2 aliphatic rings. The summed E-state index contributed by atoms with van der Waals surface area (Å²) in [7, 11) is 1.46. The van der Waals surface area contributed by atoms with Gasteiger partial charge in [-0.05, 0) is 42.8 Å². The summed E-state index contributed by atoms with van der Waals surface area (Å²) in [5.74, 6) is -4.76. The number of pyridine rings is 1. The molecular weight excluding hydrogens is 573 g/mol. The fourth-order valence-electron chi connectivity index (χ4n) is 5.17. The second kappa shape index (κ2) is 12.4. The molecule has 222 valence electrons. The Morgan fingerprint density at radius 1 is 1.14 bits per heavy atom. The van der Waals surface area contributed by atoms with Crippen molar-refractivity contribution >= 4 is 40.8 Å². The molecule has 8 nitrogen and oxygen atoms in total. The lowest BCUT2D eigenvalue weighted by atomic mass is 9.87. The molecule has 1 aromatic heterocycles. The van der Waals surface area contributed by atoms with Crippen molar-refractivity contribution in [2.75, 3.05) is 16.9 Å². The summed E-state index contributed by atoms with van der Waals surface area (Å²) >= 11 is 6.50. The first kappa shape index (κ1) is 30.8. The maximum Gasteiger partial charge on any atom is 0.252 e. The topological polar surface area (TPSA) is 91.8 Å². The van der Waals surface area contributed by atoms with E-state index in [4.69, 9.17) is 16.3 Å². The number of amides is 3. The number of hydrogen-bond donors (Lipinski definition) is 1. The van der Waals surface area contributed by atoms with Crippen LogP contribution in [0.4, 0.5) is 24.7 Å². The first-order chi connectivity index (χ1) is 19.6. The van der Waals surface area contributed by atoms with Crippen LogP contribution in [0.3, 0.4) is 0 Å². The van der Waals surface area contributed by atoms with Crippen molar-refractivity contribution in [3.8, 4) is 5.75 Å². The molecule has 1 saturated heterocycles. The van der Waals surface area contributed by atoms with Gasteiger partial charge in [0.1, 0.15) is 29.5 Å². The molecule has 0 radical (unpaired) electrons. The van der Waals surface area contributed by atoms with Crippen LogP contribution < -0.4 is 19.9 Å². The van der Waals surface area contributed by atoms with Gasteiger partial charge in [0.25, 0.3) is 11.8 Å². The first-order valence-corrected chi connectivity index (χ1v) is 13.3. The molecule has 3 amide bonds. The Balaban J connectivity index is 0.00000405. The van der Waals surface area contributed by atoms with E-state index in [0.717, 1.165) is 11.0 Å². The molecule has 2 atom stereocenters. The van der Waals surface area contributed by atoms with Gasteiger partial charge in [0.05, 0.1) is 13.3 Å². The van der Waals surface area contributed by atoms with Crippen molar-refractivity contribution in [2.45, 2.75) is 57.2 Å². The van der Waals surface area contributed by atoms with E-state index < -0.39 is 54.5 Å². The van der Waals surface area contributed by atoms with E-state index in [1.165, 1.54) is 54.6 Å². The van der Waals surface area contributed by atoms with Crippen molar-refractivity contribution in [1.82, 2.24) is 10.3 Å². The molecule has 1 N–H and O–H groups in total. The SMILES string of the molecule is C.COc1ccc(N2C(=O)CC[C@H]2C(=O)N(c2cccc(F)c2)[C@H](C(=O)NC2CC(F)(F)C2)c2ccccc2Cl)nc1. The van der Waals surface area contributed by atoms with E-state index in [1.54, 1.807) is 18.2 Å². The number of carbonyl (C=O) groups excluding carboxylic acids is 3. The van der Waals surface area contributed by atoms with Crippen LogP contribution in [0.15, 0.2) is 66.9 Å². The molecular formula is C30H30ClF3N4O4. The van der Waals surface area contributed by atoms with Crippen LogP contribution in [0.25, 0.3) is 0 Å². The van der Waals surface area contributed by atoms with Gasteiger partial charge in [0.15, 0.2) is 0 Å². The van der Waals surface area contributed by atoms with Gasteiger partial charge in [0, 0.05) is 41.6 Å². The number of rotatable bonds is 8. The van der Waals surface area contributed by atoms with Crippen LogP contribution in [-0.2, 0) is 14.4 Å². The van der Waals surface area contributed by atoms with Crippen LogP contribution in [-0.4, -0.2) is 47.8 Å². The van der Waals surface area contributed by atoms with Crippen LogP contribution in [0, 0.1) is 5.82 Å². The molecule has 12 heteroatoms. The lowest BCUT2D eigenvalue weighted by Gasteiger charge is -2.39. The van der Waals surface area contributed by atoms with Gasteiger partial charge in [0.2, 0.25) is 11.8 Å². The zero-order chi connectivity index (χ0) is 29.3.